The molecule has 0 aromatic heterocycles. The molecule has 0 atom stereocenters. The predicted molar refractivity (Wildman–Crippen MR) is 43.0 cm³/mol. The molecule has 3 heteroatoms. The molecule has 1 amide bonds. The van der Waals surface area contributed by atoms with Crippen LogP contribution in [0.2, 0.25) is 0 Å². The zero-order valence-corrected chi connectivity index (χ0v) is 6.20. The Hall–Kier alpha value is -1.64. The summed E-state index contributed by atoms with van der Waals surface area (Å²) in [5.41, 5.74) is 0.698. The summed E-state index contributed by atoms with van der Waals surface area (Å²) in [5.74, 6) is -0.364. The Morgan fingerprint density at radius 3 is 2.25 bits per heavy atom. The lowest BCUT2D eigenvalue weighted by Gasteiger charge is -2.22. The standard InChI is InChI=1S/C9H6FNO/c10-7-1-3-8(4-2-7)11-6-5-9(11)12/h1-6H. The molecule has 1 heterocycles. The molecule has 0 spiro atoms. The zero-order chi connectivity index (χ0) is 8.55. The van der Waals surface area contributed by atoms with Crippen molar-refractivity contribution in [3.8, 4) is 0 Å². The van der Waals surface area contributed by atoms with Crippen LogP contribution < -0.4 is 4.90 Å². The van der Waals surface area contributed by atoms with Crippen LogP contribution in [0.3, 0.4) is 0 Å². The van der Waals surface area contributed by atoms with E-state index in [0.29, 0.717) is 5.69 Å². The number of amides is 1. The van der Waals surface area contributed by atoms with Gasteiger partial charge in [-0.15, -0.1) is 0 Å². The zero-order valence-electron chi connectivity index (χ0n) is 6.20. The number of hydrogen-bond donors (Lipinski definition) is 0. The molecular formula is C9H6FNO. The van der Waals surface area contributed by atoms with Crippen molar-refractivity contribution in [1.29, 1.82) is 0 Å². The van der Waals surface area contributed by atoms with Crippen LogP contribution in [0.1, 0.15) is 0 Å². The van der Waals surface area contributed by atoms with Crippen molar-refractivity contribution in [2.24, 2.45) is 0 Å². The molecule has 0 bridgehead atoms. The Balaban J connectivity index is 2.30. The molecule has 0 fully saturated rings. The summed E-state index contributed by atoms with van der Waals surface area (Å²) in [6.45, 7) is 0. The second-order valence-electron chi connectivity index (χ2n) is 2.50. The van der Waals surface area contributed by atoms with Crippen LogP contribution in [0.5, 0.6) is 0 Å². The largest absolute Gasteiger partial charge is 0.284 e. The van der Waals surface area contributed by atoms with Crippen molar-refractivity contribution in [2.45, 2.75) is 0 Å². The van der Waals surface area contributed by atoms with E-state index in [-0.39, 0.29) is 11.7 Å². The van der Waals surface area contributed by atoms with E-state index in [1.165, 1.54) is 23.1 Å². The van der Waals surface area contributed by atoms with Gasteiger partial charge in [0.05, 0.1) is 0 Å². The summed E-state index contributed by atoms with van der Waals surface area (Å²) in [7, 11) is 0. The molecule has 1 aromatic carbocycles. The van der Waals surface area contributed by atoms with Crippen molar-refractivity contribution in [1.82, 2.24) is 0 Å². The number of anilines is 1. The third kappa shape index (κ3) is 0.993. The molecule has 2 rings (SSSR count). The summed E-state index contributed by atoms with van der Waals surface area (Å²) in [5, 5.41) is 0. The molecule has 60 valence electrons. The SMILES string of the molecule is O=C1C=CN1c1ccc(F)cc1. The summed E-state index contributed by atoms with van der Waals surface area (Å²) in [4.78, 5) is 12.3. The van der Waals surface area contributed by atoms with Crippen LogP contribution in [-0.4, -0.2) is 5.91 Å². The minimum absolute atomic E-state index is 0.0680. The number of nitrogens with zero attached hydrogens (tertiary/aromatic N) is 1. The second kappa shape index (κ2) is 2.44. The first kappa shape index (κ1) is 7.03. The highest BCUT2D eigenvalue weighted by Gasteiger charge is 2.17. The summed E-state index contributed by atoms with van der Waals surface area (Å²) in [6.07, 6.45) is 3.11. The van der Waals surface area contributed by atoms with Crippen molar-refractivity contribution in [3.05, 3.63) is 42.4 Å². The number of benzene rings is 1. The van der Waals surface area contributed by atoms with Crippen LogP contribution >= 0.6 is 0 Å². The minimum atomic E-state index is -0.296. The Labute approximate surface area is 68.9 Å². The fourth-order valence-corrected chi connectivity index (χ4v) is 1.02. The highest BCUT2D eigenvalue weighted by atomic mass is 19.1. The maximum absolute atomic E-state index is 12.4. The first-order valence-electron chi connectivity index (χ1n) is 3.54. The van der Waals surface area contributed by atoms with Gasteiger partial charge in [-0.2, -0.15) is 0 Å². The van der Waals surface area contributed by atoms with Gasteiger partial charge in [0.15, 0.2) is 0 Å². The van der Waals surface area contributed by atoms with E-state index >= 15 is 0 Å². The number of carbonyl (C=O) groups is 1. The molecule has 1 aliphatic rings. The lowest BCUT2D eigenvalue weighted by Crippen LogP contribution is -2.30. The average molecular weight is 163 g/mol. The first-order valence-corrected chi connectivity index (χ1v) is 3.54. The smallest absolute Gasteiger partial charge is 0.256 e. The van der Waals surface area contributed by atoms with Gasteiger partial charge in [0.2, 0.25) is 0 Å². The van der Waals surface area contributed by atoms with E-state index < -0.39 is 0 Å². The van der Waals surface area contributed by atoms with Gasteiger partial charge < -0.3 is 0 Å². The maximum Gasteiger partial charge on any atom is 0.256 e. The van der Waals surface area contributed by atoms with Crippen LogP contribution in [-0.2, 0) is 4.79 Å². The Morgan fingerprint density at radius 1 is 1.17 bits per heavy atom. The topological polar surface area (TPSA) is 20.3 Å². The van der Waals surface area contributed by atoms with Gasteiger partial charge in [-0.25, -0.2) is 4.39 Å². The molecule has 0 unspecified atom stereocenters. The van der Waals surface area contributed by atoms with Gasteiger partial charge in [-0.05, 0) is 24.3 Å². The fraction of sp³-hybridized carbons (Fsp3) is 0. The van der Waals surface area contributed by atoms with E-state index in [2.05, 4.69) is 0 Å². The van der Waals surface area contributed by atoms with E-state index in [1.54, 1.807) is 18.3 Å². The fourth-order valence-electron chi connectivity index (χ4n) is 1.02. The molecule has 0 saturated heterocycles. The van der Waals surface area contributed by atoms with E-state index in [1.807, 2.05) is 0 Å². The monoisotopic (exact) mass is 163 g/mol. The quantitative estimate of drug-likeness (QED) is 0.616. The molecule has 0 N–H and O–H groups in total. The van der Waals surface area contributed by atoms with Crippen LogP contribution in [0.25, 0.3) is 0 Å². The number of carbonyl (C=O) groups excluding carboxylic acids is 1. The van der Waals surface area contributed by atoms with Crippen LogP contribution in [0, 0.1) is 5.82 Å². The van der Waals surface area contributed by atoms with E-state index in [9.17, 15) is 9.18 Å². The molecule has 0 aliphatic carbocycles. The summed E-state index contributed by atoms with van der Waals surface area (Å²) in [6, 6.07) is 5.79. The van der Waals surface area contributed by atoms with Crippen LogP contribution in [0.15, 0.2) is 36.5 Å². The van der Waals surface area contributed by atoms with Gasteiger partial charge in [-0.3, -0.25) is 9.69 Å². The predicted octanol–water partition coefficient (Wildman–Crippen LogP) is 1.69. The van der Waals surface area contributed by atoms with Crippen molar-refractivity contribution < 1.29 is 9.18 Å². The van der Waals surface area contributed by atoms with Gasteiger partial charge >= 0.3 is 0 Å². The number of rotatable bonds is 1. The Kier molecular flexibility index (Phi) is 1.43. The molecule has 0 radical (unpaired) electrons. The van der Waals surface area contributed by atoms with Crippen molar-refractivity contribution in [2.75, 3.05) is 4.90 Å². The summed E-state index contributed by atoms with van der Waals surface area (Å²) < 4.78 is 12.4. The van der Waals surface area contributed by atoms with Gasteiger partial charge in [0.25, 0.3) is 5.91 Å². The molecule has 0 saturated carbocycles. The molecular weight excluding hydrogens is 157 g/mol. The normalized spacial score (nSPS) is 14.8. The van der Waals surface area contributed by atoms with Crippen molar-refractivity contribution >= 4 is 11.6 Å². The molecule has 2 nitrogen and oxygen atoms in total. The van der Waals surface area contributed by atoms with E-state index in [0.717, 1.165) is 0 Å². The highest BCUT2D eigenvalue weighted by molar-refractivity contribution is 6.09. The summed E-state index contributed by atoms with van der Waals surface area (Å²) >= 11 is 0. The lowest BCUT2D eigenvalue weighted by atomic mass is 10.2. The third-order valence-corrected chi connectivity index (χ3v) is 1.71. The molecule has 1 aliphatic heterocycles. The molecule has 1 aromatic rings. The van der Waals surface area contributed by atoms with Crippen molar-refractivity contribution in [3.63, 3.8) is 0 Å². The van der Waals surface area contributed by atoms with Gasteiger partial charge in [0.1, 0.15) is 5.82 Å². The lowest BCUT2D eigenvalue weighted by molar-refractivity contribution is -0.114. The van der Waals surface area contributed by atoms with Gasteiger partial charge in [-0.1, -0.05) is 0 Å². The molecule has 12 heavy (non-hydrogen) atoms. The third-order valence-electron chi connectivity index (χ3n) is 1.71. The minimum Gasteiger partial charge on any atom is -0.284 e. The maximum atomic E-state index is 12.4. The first-order chi connectivity index (χ1) is 5.77. The van der Waals surface area contributed by atoms with E-state index in [4.69, 9.17) is 0 Å². The Morgan fingerprint density at radius 2 is 1.83 bits per heavy atom. The number of hydrogen-bond acceptors (Lipinski definition) is 1. The number of halogens is 1. The average Bonchev–Trinajstić information content (AvgIpc) is 2.06. The Bertz CT molecular complexity index is 342. The van der Waals surface area contributed by atoms with Gasteiger partial charge in [0, 0.05) is 18.0 Å². The highest BCUT2D eigenvalue weighted by Crippen LogP contribution is 2.19. The second-order valence-corrected chi connectivity index (χ2v) is 2.50. The van der Waals surface area contributed by atoms with Crippen LogP contribution in [0.4, 0.5) is 10.1 Å².